The number of hydrogen-bond acceptors (Lipinski definition) is 5. The minimum Gasteiger partial charge on any atom is -0.351 e. The van der Waals surface area contributed by atoms with E-state index in [9.17, 15) is 9.59 Å². The molecule has 6 nitrogen and oxygen atoms in total. The molecule has 2 heterocycles. The van der Waals surface area contributed by atoms with Crippen molar-refractivity contribution in [2.24, 2.45) is 5.92 Å². The van der Waals surface area contributed by atoms with Crippen molar-refractivity contribution in [2.45, 2.75) is 70.7 Å². The predicted molar refractivity (Wildman–Crippen MR) is 126 cm³/mol. The van der Waals surface area contributed by atoms with E-state index in [2.05, 4.69) is 24.3 Å². The summed E-state index contributed by atoms with van der Waals surface area (Å²) in [5, 5.41) is 0. The standard InChI is InChI=1S/C25H36N2O4S/c1-3-30-25(31-4-2)22-16-32-17-27(22)24(29)21-10-7-13-26(21)23(28)15-18-11-12-19-8-5-6-9-20(19)14-18/h5-6,8-9,18,21-22,25H,3-4,7,10-17H2,1-2H3/t18-,21+,22+/m1/s1. The summed E-state index contributed by atoms with van der Waals surface area (Å²) in [5.41, 5.74) is 2.79. The topological polar surface area (TPSA) is 59.1 Å². The van der Waals surface area contributed by atoms with Crippen LogP contribution in [0, 0.1) is 5.92 Å². The molecule has 3 atom stereocenters. The highest BCUT2D eigenvalue weighted by molar-refractivity contribution is 7.99. The van der Waals surface area contributed by atoms with Gasteiger partial charge in [-0.3, -0.25) is 9.59 Å². The first-order valence-corrected chi connectivity index (χ1v) is 13.3. The molecule has 3 aliphatic rings. The minimum absolute atomic E-state index is 0.0595. The van der Waals surface area contributed by atoms with Gasteiger partial charge in [0.05, 0.1) is 11.9 Å². The zero-order valence-corrected chi connectivity index (χ0v) is 20.1. The van der Waals surface area contributed by atoms with Gasteiger partial charge in [-0.15, -0.1) is 11.8 Å². The zero-order chi connectivity index (χ0) is 22.5. The largest absolute Gasteiger partial charge is 0.351 e. The van der Waals surface area contributed by atoms with Crippen LogP contribution in [0.2, 0.25) is 0 Å². The van der Waals surface area contributed by atoms with E-state index < -0.39 is 6.29 Å². The summed E-state index contributed by atoms with van der Waals surface area (Å²) in [6, 6.07) is 8.12. The molecule has 0 bridgehead atoms. The second kappa shape index (κ2) is 11.0. The van der Waals surface area contributed by atoms with E-state index in [0.717, 1.165) is 37.9 Å². The van der Waals surface area contributed by atoms with Crippen LogP contribution in [0.25, 0.3) is 0 Å². The number of nitrogens with zero attached hydrogens (tertiary/aromatic N) is 2. The highest BCUT2D eigenvalue weighted by atomic mass is 32.2. The average Bonchev–Trinajstić information content (AvgIpc) is 3.48. The van der Waals surface area contributed by atoms with E-state index in [0.29, 0.717) is 38.0 Å². The molecule has 2 saturated heterocycles. The number of fused-ring (bicyclic) bond motifs is 1. The van der Waals surface area contributed by atoms with Crippen molar-refractivity contribution in [1.29, 1.82) is 0 Å². The molecular weight excluding hydrogens is 424 g/mol. The predicted octanol–water partition coefficient (Wildman–Crippen LogP) is 3.47. The number of benzene rings is 1. The van der Waals surface area contributed by atoms with Crippen LogP contribution < -0.4 is 0 Å². The smallest absolute Gasteiger partial charge is 0.246 e. The van der Waals surface area contributed by atoms with Gasteiger partial charge in [0.15, 0.2) is 6.29 Å². The molecule has 1 aliphatic carbocycles. The zero-order valence-electron chi connectivity index (χ0n) is 19.3. The van der Waals surface area contributed by atoms with Crippen LogP contribution in [0.5, 0.6) is 0 Å². The Morgan fingerprint density at radius 3 is 2.59 bits per heavy atom. The van der Waals surface area contributed by atoms with Crippen molar-refractivity contribution >= 4 is 23.6 Å². The van der Waals surface area contributed by atoms with Crippen LogP contribution in [0.1, 0.15) is 50.7 Å². The summed E-state index contributed by atoms with van der Waals surface area (Å²) >= 11 is 1.73. The lowest BCUT2D eigenvalue weighted by atomic mass is 9.82. The summed E-state index contributed by atoms with van der Waals surface area (Å²) in [4.78, 5) is 30.6. The van der Waals surface area contributed by atoms with Crippen molar-refractivity contribution in [3.05, 3.63) is 35.4 Å². The number of carbonyl (C=O) groups excluding carboxylic acids is 2. The normalized spacial score (nSPS) is 25.4. The molecule has 176 valence electrons. The molecule has 1 aromatic rings. The second-order valence-corrected chi connectivity index (χ2v) is 9.98. The molecule has 7 heteroatoms. The lowest BCUT2D eigenvalue weighted by Crippen LogP contribution is -2.53. The first-order chi connectivity index (χ1) is 15.6. The maximum Gasteiger partial charge on any atom is 0.246 e. The fourth-order valence-corrected chi connectivity index (χ4v) is 6.53. The van der Waals surface area contributed by atoms with Gasteiger partial charge in [-0.1, -0.05) is 24.3 Å². The Balaban J connectivity index is 1.39. The van der Waals surface area contributed by atoms with Gasteiger partial charge in [0.25, 0.3) is 0 Å². The average molecular weight is 461 g/mol. The Morgan fingerprint density at radius 1 is 1.09 bits per heavy atom. The Hall–Kier alpha value is -1.57. The van der Waals surface area contributed by atoms with E-state index in [-0.39, 0.29) is 23.9 Å². The number of amides is 2. The van der Waals surface area contributed by atoms with Crippen molar-refractivity contribution in [1.82, 2.24) is 9.80 Å². The van der Waals surface area contributed by atoms with E-state index in [1.165, 1.54) is 11.1 Å². The monoisotopic (exact) mass is 460 g/mol. The van der Waals surface area contributed by atoms with Gasteiger partial charge in [-0.05, 0) is 63.0 Å². The molecule has 0 unspecified atom stereocenters. The Bertz CT molecular complexity index is 798. The summed E-state index contributed by atoms with van der Waals surface area (Å²) in [5.74, 6) is 2.00. The van der Waals surface area contributed by atoms with Gasteiger partial charge < -0.3 is 19.3 Å². The van der Waals surface area contributed by atoms with Gasteiger partial charge in [0.1, 0.15) is 6.04 Å². The van der Waals surface area contributed by atoms with Crippen LogP contribution in [-0.4, -0.2) is 71.4 Å². The van der Waals surface area contributed by atoms with Crippen LogP contribution in [0.3, 0.4) is 0 Å². The molecular formula is C25H36N2O4S. The second-order valence-electron chi connectivity index (χ2n) is 8.98. The molecule has 1 aromatic carbocycles. The van der Waals surface area contributed by atoms with Crippen molar-refractivity contribution < 1.29 is 19.1 Å². The maximum absolute atomic E-state index is 13.5. The summed E-state index contributed by atoms with van der Waals surface area (Å²) in [6.45, 7) is 5.67. The Kier molecular flexibility index (Phi) is 8.13. The molecule has 2 fully saturated rings. The molecule has 2 aliphatic heterocycles. The third-order valence-corrected chi connectivity index (χ3v) is 7.99. The summed E-state index contributed by atoms with van der Waals surface area (Å²) in [7, 11) is 0. The SMILES string of the molecule is CCOC(OCC)[C@@H]1CSCN1C(=O)[C@@H]1CCCN1C(=O)C[C@@H]1CCc2ccccc2C1. The molecule has 0 spiro atoms. The molecule has 0 radical (unpaired) electrons. The molecule has 4 rings (SSSR count). The third-order valence-electron chi connectivity index (χ3n) is 6.95. The molecule has 0 N–H and O–H groups in total. The highest BCUT2D eigenvalue weighted by Gasteiger charge is 2.43. The van der Waals surface area contributed by atoms with Gasteiger partial charge >= 0.3 is 0 Å². The molecule has 0 aromatic heterocycles. The van der Waals surface area contributed by atoms with Crippen LogP contribution in [0.15, 0.2) is 24.3 Å². The van der Waals surface area contributed by atoms with Crippen molar-refractivity contribution in [2.75, 3.05) is 31.4 Å². The number of ether oxygens (including phenoxy) is 2. The first-order valence-electron chi connectivity index (χ1n) is 12.1. The van der Waals surface area contributed by atoms with E-state index in [1.54, 1.807) is 11.8 Å². The van der Waals surface area contributed by atoms with Crippen molar-refractivity contribution in [3.8, 4) is 0 Å². The van der Waals surface area contributed by atoms with E-state index in [1.807, 2.05) is 23.6 Å². The Labute approximate surface area is 196 Å². The minimum atomic E-state index is -0.406. The van der Waals surface area contributed by atoms with Gasteiger partial charge in [-0.25, -0.2) is 0 Å². The number of aryl methyl sites for hydroxylation is 1. The first kappa shape index (κ1) is 23.6. The number of thioether (sulfide) groups is 1. The van der Waals surface area contributed by atoms with Gasteiger partial charge in [0.2, 0.25) is 11.8 Å². The van der Waals surface area contributed by atoms with E-state index in [4.69, 9.17) is 9.47 Å². The number of hydrogen-bond donors (Lipinski definition) is 0. The number of carbonyl (C=O) groups is 2. The lowest BCUT2D eigenvalue weighted by molar-refractivity contribution is -0.175. The number of likely N-dealkylation sites (tertiary alicyclic amines) is 1. The number of rotatable bonds is 8. The van der Waals surface area contributed by atoms with Gasteiger partial charge in [0, 0.05) is 31.9 Å². The van der Waals surface area contributed by atoms with Crippen molar-refractivity contribution in [3.63, 3.8) is 0 Å². The maximum atomic E-state index is 13.5. The van der Waals surface area contributed by atoms with E-state index >= 15 is 0 Å². The van der Waals surface area contributed by atoms with Crippen LogP contribution in [0.4, 0.5) is 0 Å². The summed E-state index contributed by atoms with van der Waals surface area (Å²) < 4.78 is 11.6. The third kappa shape index (κ3) is 5.15. The highest BCUT2D eigenvalue weighted by Crippen LogP contribution is 2.32. The lowest BCUT2D eigenvalue weighted by Gasteiger charge is -2.34. The Morgan fingerprint density at radius 2 is 1.84 bits per heavy atom. The molecule has 0 saturated carbocycles. The quantitative estimate of drug-likeness (QED) is 0.556. The van der Waals surface area contributed by atoms with Crippen LogP contribution in [-0.2, 0) is 31.9 Å². The van der Waals surface area contributed by atoms with Gasteiger partial charge in [-0.2, -0.15) is 0 Å². The molecule has 32 heavy (non-hydrogen) atoms. The molecule has 2 amide bonds. The van der Waals surface area contributed by atoms with Crippen LogP contribution >= 0.6 is 11.8 Å². The fraction of sp³-hybridized carbons (Fsp3) is 0.680. The fourth-order valence-electron chi connectivity index (χ4n) is 5.33. The summed E-state index contributed by atoms with van der Waals surface area (Å²) in [6.07, 6.45) is 4.82.